The van der Waals surface area contributed by atoms with Gasteiger partial charge in [0.2, 0.25) is 0 Å². The minimum absolute atomic E-state index is 0.0233. The molecule has 0 aliphatic carbocycles. The molecule has 1 aromatic heterocycles. The fourth-order valence-electron chi connectivity index (χ4n) is 1.72. The number of pyridine rings is 1. The van der Waals surface area contributed by atoms with Gasteiger partial charge in [0.15, 0.2) is 5.11 Å². The Hall–Kier alpha value is -2.54. The maximum Gasteiger partial charge on any atom is 0.271 e. The van der Waals surface area contributed by atoms with E-state index in [1.165, 1.54) is 12.1 Å². The number of aromatic nitrogens is 1. The van der Waals surface area contributed by atoms with Crippen LogP contribution in [0.3, 0.4) is 0 Å². The van der Waals surface area contributed by atoms with E-state index < -0.39 is 4.92 Å². The molecule has 1 N–H and O–H groups in total. The van der Waals surface area contributed by atoms with Gasteiger partial charge in [0.05, 0.1) is 17.2 Å². The molecule has 0 unspecified atom stereocenters. The molecule has 0 aliphatic heterocycles. The number of nitro groups is 1. The van der Waals surface area contributed by atoms with Crippen LogP contribution in [-0.2, 0) is 6.54 Å². The van der Waals surface area contributed by atoms with E-state index in [4.69, 9.17) is 12.2 Å². The van der Waals surface area contributed by atoms with E-state index in [9.17, 15) is 10.1 Å². The molecule has 2 aromatic rings. The normalized spacial score (nSPS) is 9.95. The van der Waals surface area contributed by atoms with Crippen molar-refractivity contribution in [1.29, 1.82) is 0 Å². The van der Waals surface area contributed by atoms with E-state index in [0.29, 0.717) is 17.3 Å². The van der Waals surface area contributed by atoms with Gasteiger partial charge < -0.3 is 10.2 Å². The summed E-state index contributed by atoms with van der Waals surface area (Å²) < 4.78 is 0. The molecule has 0 saturated heterocycles. The fraction of sp³-hybridized carbons (Fsp3) is 0.143. The highest BCUT2D eigenvalue weighted by Gasteiger charge is 2.09. The first-order valence-corrected chi connectivity index (χ1v) is 6.63. The predicted octanol–water partition coefficient (Wildman–Crippen LogP) is 2.82. The van der Waals surface area contributed by atoms with Gasteiger partial charge in [0.1, 0.15) is 0 Å². The fourth-order valence-corrected chi connectivity index (χ4v) is 1.90. The summed E-state index contributed by atoms with van der Waals surface area (Å²) in [4.78, 5) is 16.3. The Morgan fingerprint density at radius 2 is 2.19 bits per heavy atom. The van der Waals surface area contributed by atoms with Crippen LogP contribution in [0.25, 0.3) is 0 Å². The second kappa shape index (κ2) is 6.76. The number of thiocarbonyl (C=S) groups is 1. The molecule has 0 fully saturated rings. The Morgan fingerprint density at radius 3 is 2.86 bits per heavy atom. The lowest BCUT2D eigenvalue weighted by Gasteiger charge is -2.20. The topological polar surface area (TPSA) is 71.3 Å². The highest BCUT2D eigenvalue weighted by Crippen LogP contribution is 2.17. The quantitative estimate of drug-likeness (QED) is 0.532. The Morgan fingerprint density at radius 1 is 1.38 bits per heavy atom. The van der Waals surface area contributed by atoms with Crippen molar-refractivity contribution in [2.75, 3.05) is 12.4 Å². The second-order valence-electron chi connectivity index (χ2n) is 4.41. The molecule has 7 heteroatoms. The first-order chi connectivity index (χ1) is 10.1. The van der Waals surface area contributed by atoms with Crippen LogP contribution in [0.2, 0.25) is 0 Å². The summed E-state index contributed by atoms with van der Waals surface area (Å²) in [5, 5.41) is 14.2. The highest BCUT2D eigenvalue weighted by atomic mass is 32.1. The molecule has 108 valence electrons. The smallest absolute Gasteiger partial charge is 0.271 e. The highest BCUT2D eigenvalue weighted by molar-refractivity contribution is 7.80. The number of non-ortho nitro benzene ring substituents is 1. The zero-order valence-corrected chi connectivity index (χ0v) is 12.2. The van der Waals surface area contributed by atoms with Gasteiger partial charge in [0, 0.05) is 31.1 Å². The Bertz CT molecular complexity index is 648. The Balaban J connectivity index is 2.00. The van der Waals surface area contributed by atoms with E-state index in [1.807, 2.05) is 30.1 Å². The first kappa shape index (κ1) is 14.9. The van der Waals surface area contributed by atoms with Gasteiger partial charge in [-0.05, 0) is 30.4 Å². The van der Waals surface area contributed by atoms with Crippen LogP contribution in [-0.4, -0.2) is 27.0 Å². The third-order valence-electron chi connectivity index (χ3n) is 2.78. The number of rotatable bonds is 4. The molecule has 0 saturated carbocycles. The van der Waals surface area contributed by atoms with Gasteiger partial charge in [-0.25, -0.2) is 0 Å². The van der Waals surface area contributed by atoms with Crippen LogP contribution in [0.15, 0.2) is 48.7 Å². The summed E-state index contributed by atoms with van der Waals surface area (Å²) in [5.74, 6) is 0. The van der Waals surface area contributed by atoms with Crippen molar-refractivity contribution in [1.82, 2.24) is 9.88 Å². The zero-order valence-electron chi connectivity index (χ0n) is 11.4. The van der Waals surface area contributed by atoms with Gasteiger partial charge in [0.25, 0.3) is 5.69 Å². The Kier molecular flexibility index (Phi) is 4.78. The van der Waals surface area contributed by atoms with Crippen LogP contribution < -0.4 is 5.32 Å². The average molecular weight is 302 g/mol. The molecule has 0 aliphatic rings. The van der Waals surface area contributed by atoms with E-state index in [-0.39, 0.29) is 5.69 Å². The third kappa shape index (κ3) is 4.22. The van der Waals surface area contributed by atoms with Crippen LogP contribution in [0.1, 0.15) is 5.69 Å². The molecule has 1 aromatic carbocycles. The average Bonchev–Trinajstić information content (AvgIpc) is 2.48. The second-order valence-corrected chi connectivity index (χ2v) is 4.80. The largest absolute Gasteiger partial charge is 0.346 e. The number of anilines is 1. The lowest BCUT2D eigenvalue weighted by atomic mass is 10.3. The van der Waals surface area contributed by atoms with Crippen LogP contribution in [0.5, 0.6) is 0 Å². The summed E-state index contributed by atoms with van der Waals surface area (Å²) in [6, 6.07) is 11.9. The molecular weight excluding hydrogens is 288 g/mol. The first-order valence-electron chi connectivity index (χ1n) is 6.23. The zero-order chi connectivity index (χ0) is 15.2. The minimum atomic E-state index is -0.439. The summed E-state index contributed by atoms with van der Waals surface area (Å²) in [6.07, 6.45) is 1.72. The molecule has 21 heavy (non-hydrogen) atoms. The monoisotopic (exact) mass is 302 g/mol. The summed E-state index contributed by atoms with van der Waals surface area (Å²) >= 11 is 5.28. The summed E-state index contributed by atoms with van der Waals surface area (Å²) in [5.41, 5.74) is 1.50. The van der Waals surface area contributed by atoms with Crippen LogP contribution in [0.4, 0.5) is 11.4 Å². The van der Waals surface area contributed by atoms with Crippen molar-refractivity contribution in [3.8, 4) is 0 Å². The maximum atomic E-state index is 10.7. The van der Waals surface area contributed by atoms with Gasteiger partial charge in [-0.1, -0.05) is 12.1 Å². The Labute approximate surface area is 127 Å². The third-order valence-corrected chi connectivity index (χ3v) is 3.19. The standard InChI is InChI=1S/C14H14N4O2S/c1-17(10-12-5-2-3-8-15-12)14(21)16-11-6-4-7-13(9-11)18(19)20/h2-9H,10H2,1H3,(H,16,21). The number of hydrogen-bond donors (Lipinski definition) is 1. The van der Waals surface area contributed by atoms with Crippen LogP contribution >= 0.6 is 12.2 Å². The minimum Gasteiger partial charge on any atom is -0.346 e. The predicted molar refractivity (Wildman–Crippen MR) is 85.0 cm³/mol. The summed E-state index contributed by atoms with van der Waals surface area (Å²) in [6.45, 7) is 0.557. The van der Waals surface area contributed by atoms with Crippen molar-refractivity contribution in [2.24, 2.45) is 0 Å². The van der Waals surface area contributed by atoms with Crippen molar-refractivity contribution < 1.29 is 4.92 Å². The van der Waals surface area contributed by atoms with E-state index in [2.05, 4.69) is 10.3 Å². The van der Waals surface area contributed by atoms with E-state index in [1.54, 1.807) is 18.3 Å². The van der Waals surface area contributed by atoms with Crippen molar-refractivity contribution in [3.05, 3.63) is 64.5 Å². The summed E-state index contributed by atoms with van der Waals surface area (Å²) in [7, 11) is 1.83. The molecule has 1 heterocycles. The number of nitrogens with zero attached hydrogens (tertiary/aromatic N) is 3. The molecule has 0 spiro atoms. The van der Waals surface area contributed by atoms with Gasteiger partial charge in [-0.3, -0.25) is 15.1 Å². The van der Waals surface area contributed by atoms with Crippen molar-refractivity contribution in [2.45, 2.75) is 6.54 Å². The molecule has 0 radical (unpaired) electrons. The van der Waals surface area contributed by atoms with Gasteiger partial charge in [-0.15, -0.1) is 0 Å². The van der Waals surface area contributed by atoms with Gasteiger partial charge in [-0.2, -0.15) is 0 Å². The molecule has 0 bridgehead atoms. The number of nitro benzene ring substituents is 1. The van der Waals surface area contributed by atoms with E-state index >= 15 is 0 Å². The number of nitrogens with one attached hydrogen (secondary N) is 1. The maximum absolute atomic E-state index is 10.7. The molecule has 2 rings (SSSR count). The molecular formula is C14H14N4O2S. The number of benzene rings is 1. The van der Waals surface area contributed by atoms with Crippen molar-refractivity contribution in [3.63, 3.8) is 0 Å². The van der Waals surface area contributed by atoms with Crippen molar-refractivity contribution >= 4 is 28.7 Å². The lowest BCUT2D eigenvalue weighted by Crippen LogP contribution is -2.30. The van der Waals surface area contributed by atoms with Crippen LogP contribution in [0, 0.1) is 10.1 Å². The van der Waals surface area contributed by atoms with E-state index in [0.717, 1.165) is 5.69 Å². The molecule has 6 nitrogen and oxygen atoms in total. The molecule has 0 atom stereocenters. The SMILES string of the molecule is CN(Cc1ccccn1)C(=S)Nc1cccc([N+](=O)[O-])c1. The lowest BCUT2D eigenvalue weighted by molar-refractivity contribution is -0.384. The van der Waals surface area contributed by atoms with Gasteiger partial charge >= 0.3 is 0 Å². The number of hydrogen-bond acceptors (Lipinski definition) is 4. The molecule has 0 amide bonds.